The summed E-state index contributed by atoms with van der Waals surface area (Å²) in [5.74, 6) is 0.767. The smallest absolute Gasteiger partial charge is 0.246 e. The number of hydrogen-bond donors (Lipinski definition) is 1. The van der Waals surface area contributed by atoms with Crippen LogP contribution >= 0.6 is 11.8 Å². The summed E-state index contributed by atoms with van der Waals surface area (Å²) in [4.78, 5) is 11.2. The van der Waals surface area contributed by atoms with E-state index in [0.29, 0.717) is 5.75 Å². The maximum atomic E-state index is 11.2. The molecular weight excluding hydrogens is 172 g/mol. The Labute approximate surface area is 77.9 Å². The summed E-state index contributed by atoms with van der Waals surface area (Å²) in [6.07, 6.45) is 2.09. The van der Waals surface area contributed by atoms with Gasteiger partial charge in [0.05, 0.1) is 10.6 Å². The van der Waals surface area contributed by atoms with Crippen LogP contribution < -0.4 is 5.43 Å². The monoisotopic (exact) mass is 188 g/mol. The molecular formula is C8H16N2OS. The molecule has 1 heterocycles. The van der Waals surface area contributed by atoms with Crippen molar-refractivity contribution in [1.29, 1.82) is 0 Å². The highest BCUT2D eigenvalue weighted by molar-refractivity contribution is 8.01. The maximum Gasteiger partial charge on any atom is 0.246 e. The lowest BCUT2D eigenvalue weighted by Crippen LogP contribution is -2.57. The van der Waals surface area contributed by atoms with Crippen molar-refractivity contribution in [3.05, 3.63) is 0 Å². The van der Waals surface area contributed by atoms with Crippen molar-refractivity contribution >= 4 is 17.7 Å². The van der Waals surface area contributed by atoms with Crippen LogP contribution in [0.1, 0.15) is 26.7 Å². The van der Waals surface area contributed by atoms with E-state index in [1.807, 2.05) is 0 Å². The van der Waals surface area contributed by atoms with Crippen molar-refractivity contribution in [2.75, 3.05) is 12.8 Å². The summed E-state index contributed by atoms with van der Waals surface area (Å²) in [6.45, 7) is 4.29. The van der Waals surface area contributed by atoms with Gasteiger partial charge in [0.25, 0.3) is 0 Å². The minimum absolute atomic E-state index is 0.0860. The largest absolute Gasteiger partial charge is 0.279 e. The van der Waals surface area contributed by atoms with Crippen LogP contribution in [0.2, 0.25) is 0 Å². The molecule has 0 bridgehead atoms. The molecule has 1 saturated heterocycles. The third-order valence-electron chi connectivity index (χ3n) is 2.36. The third-order valence-corrected chi connectivity index (χ3v) is 3.97. The average molecular weight is 188 g/mol. The molecule has 4 heteroatoms. The summed E-state index contributed by atoms with van der Waals surface area (Å²) in [5.41, 5.74) is 3.23. The van der Waals surface area contributed by atoms with Crippen LogP contribution in [-0.2, 0) is 4.79 Å². The van der Waals surface area contributed by atoms with E-state index < -0.39 is 0 Å². The highest BCUT2D eigenvalue weighted by Crippen LogP contribution is 2.32. The Bertz CT molecular complexity index is 180. The van der Waals surface area contributed by atoms with Crippen LogP contribution in [0, 0.1) is 0 Å². The van der Waals surface area contributed by atoms with Gasteiger partial charge in [0.1, 0.15) is 0 Å². The number of carbonyl (C=O) groups excluding carboxylic acids is 1. The van der Waals surface area contributed by atoms with E-state index in [0.717, 1.165) is 12.8 Å². The van der Waals surface area contributed by atoms with Crippen molar-refractivity contribution in [2.24, 2.45) is 0 Å². The Morgan fingerprint density at radius 2 is 2.17 bits per heavy atom. The Kier molecular flexibility index (Phi) is 3.01. The third kappa shape index (κ3) is 1.75. The fourth-order valence-corrected chi connectivity index (χ4v) is 2.51. The molecule has 1 amide bonds. The van der Waals surface area contributed by atoms with Gasteiger partial charge in [-0.15, -0.1) is 11.8 Å². The summed E-state index contributed by atoms with van der Waals surface area (Å²) >= 11 is 1.72. The van der Waals surface area contributed by atoms with E-state index in [4.69, 9.17) is 0 Å². The van der Waals surface area contributed by atoms with Gasteiger partial charge in [0.15, 0.2) is 0 Å². The van der Waals surface area contributed by atoms with E-state index in [1.54, 1.807) is 23.8 Å². The first-order valence-electron chi connectivity index (χ1n) is 4.32. The number of hydrogen-bond acceptors (Lipinski definition) is 3. The van der Waals surface area contributed by atoms with Crippen molar-refractivity contribution in [2.45, 2.75) is 31.6 Å². The average Bonchev–Trinajstić information content (AvgIpc) is 2.10. The molecule has 70 valence electrons. The minimum atomic E-state index is 0.0860. The van der Waals surface area contributed by atoms with Crippen LogP contribution in [-0.4, -0.2) is 28.6 Å². The first kappa shape index (κ1) is 9.86. The SMILES string of the molecule is CCC1(CC)NN(C)C(=O)CS1. The molecule has 12 heavy (non-hydrogen) atoms. The van der Waals surface area contributed by atoms with Crippen molar-refractivity contribution in [3.8, 4) is 0 Å². The fourth-order valence-electron chi connectivity index (χ4n) is 1.31. The normalized spacial score (nSPS) is 22.9. The first-order valence-corrected chi connectivity index (χ1v) is 5.30. The number of amides is 1. The molecule has 0 aromatic heterocycles. The lowest BCUT2D eigenvalue weighted by atomic mass is 10.2. The fraction of sp³-hybridized carbons (Fsp3) is 0.875. The summed E-state index contributed by atoms with van der Waals surface area (Å²) < 4.78 is 0. The van der Waals surface area contributed by atoms with Gasteiger partial charge in [0, 0.05) is 7.05 Å². The van der Waals surface area contributed by atoms with Gasteiger partial charge in [-0.1, -0.05) is 13.8 Å². The number of carbonyl (C=O) groups is 1. The van der Waals surface area contributed by atoms with Crippen LogP contribution in [0.3, 0.4) is 0 Å². The number of hydrazine groups is 1. The first-order chi connectivity index (χ1) is 5.63. The lowest BCUT2D eigenvalue weighted by Gasteiger charge is -2.40. The molecule has 1 aliphatic rings. The Morgan fingerprint density at radius 3 is 2.58 bits per heavy atom. The molecule has 0 radical (unpaired) electrons. The molecule has 1 N–H and O–H groups in total. The molecule has 3 nitrogen and oxygen atoms in total. The Morgan fingerprint density at radius 1 is 1.58 bits per heavy atom. The number of thioether (sulfide) groups is 1. The van der Waals surface area contributed by atoms with Gasteiger partial charge < -0.3 is 0 Å². The van der Waals surface area contributed by atoms with E-state index in [-0.39, 0.29) is 10.8 Å². The van der Waals surface area contributed by atoms with Gasteiger partial charge >= 0.3 is 0 Å². The van der Waals surface area contributed by atoms with Crippen molar-refractivity contribution in [3.63, 3.8) is 0 Å². The number of nitrogens with one attached hydrogen (secondary N) is 1. The predicted octanol–water partition coefficient (Wildman–Crippen LogP) is 1.21. The van der Waals surface area contributed by atoms with Crippen LogP contribution in [0.5, 0.6) is 0 Å². The van der Waals surface area contributed by atoms with Crippen molar-refractivity contribution in [1.82, 2.24) is 10.4 Å². The number of rotatable bonds is 2. The molecule has 0 spiro atoms. The Balaban J connectivity index is 2.64. The predicted molar refractivity (Wildman–Crippen MR) is 51.7 cm³/mol. The molecule has 1 aliphatic heterocycles. The highest BCUT2D eigenvalue weighted by atomic mass is 32.2. The van der Waals surface area contributed by atoms with E-state index in [1.165, 1.54) is 0 Å². The molecule has 1 fully saturated rings. The second kappa shape index (κ2) is 3.66. The second-order valence-corrected chi connectivity index (χ2v) is 4.41. The highest BCUT2D eigenvalue weighted by Gasteiger charge is 2.34. The van der Waals surface area contributed by atoms with Gasteiger partial charge in [0.2, 0.25) is 5.91 Å². The minimum Gasteiger partial charge on any atom is -0.279 e. The van der Waals surface area contributed by atoms with Gasteiger partial charge in [-0.3, -0.25) is 9.80 Å². The van der Waals surface area contributed by atoms with E-state index in [9.17, 15) is 4.79 Å². The zero-order valence-corrected chi connectivity index (χ0v) is 8.70. The van der Waals surface area contributed by atoms with Crippen molar-refractivity contribution < 1.29 is 4.79 Å². The standard InChI is InChI=1S/C8H16N2OS/c1-4-8(5-2)9-10(3)7(11)6-12-8/h9H,4-6H2,1-3H3. The van der Waals surface area contributed by atoms with E-state index >= 15 is 0 Å². The second-order valence-electron chi connectivity index (χ2n) is 3.05. The molecule has 0 aromatic rings. The summed E-state index contributed by atoms with van der Waals surface area (Å²) in [7, 11) is 1.79. The zero-order chi connectivity index (χ0) is 9.19. The molecule has 0 unspecified atom stereocenters. The lowest BCUT2D eigenvalue weighted by molar-refractivity contribution is -0.131. The summed E-state index contributed by atoms with van der Waals surface area (Å²) in [6, 6.07) is 0. The maximum absolute atomic E-state index is 11.2. The van der Waals surface area contributed by atoms with Gasteiger partial charge in [-0.05, 0) is 12.8 Å². The molecule has 0 saturated carbocycles. The van der Waals surface area contributed by atoms with Gasteiger partial charge in [-0.2, -0.15) is 0 Å². The molecule has 0 atom stereocenters. The number of nitrogens with zero attached hydrogens (tertiary/aromatic N) is 1. The molecule has 1 rings (SSSR count). The van der Waals surface area contributed by atoms with Crippen LogP contribution in [0.25, 0.3) is 0 Å². The zero-order valence-electron chi connectivity index (χ0n) is 7.89. The molecule has 0 aliphatic carbocycles. The van der Waals surface area contributed by atoms with Gasteiger partial charge in [-0.25, -0.2) is 5.43 Å². The van der Waals surface area contributed by atoms with E-state index in [2.05, 4.69) is 19.3 Å². The van der Waals surface area contributed by atoms with Crippen LogP contribution in [0.4, 0.5) is 0 Å². The summed E-state index contributed by atoms with van der Waals surface area (Å²) in [5, 5.41) is 1.61. The topological polar surface area (TPSA) is 32.3 Å². The quantitative estimate of drug-likeness (QED) is 0.707. The Hall–Kier alpha value is -0.220. The van der Waals surface area contributed by atoms with Crippen LogP contribution in [0.15, 0.2) is 0 Å². The molecule has 0 aromatic carbocycles.